The monoisotopic (exact) mass is 716 g/mol. The van der Waals surface area contributed by atoms with Crippen molar-refractivity contribution in [1.29, 1.82) is 0 Å². The third kappa shape index (κ3) is 4.53. The Kier molecular flexibility index (Phi) is 6.60. The van der Waals surface area contributed by atoms with E-state index in [4.69, 9.17) is 8.83 Å². The standard InChI is InChI=1S/C52H32N2O2/c1-2-13-36(14-3-1)54-45-20-10-18-41(49(45)50-44-17-7-9-23-48(44)56-52(50)54)34-26-28-37(29-27-34)53(46-21-11-19-43-42-16-6-8-22-47(42)55-51(43)46)38-30-31-40-35(32-38)25-24-33-12-4-5-15-39(33)40/h1-32H. The van der Waals surface area contributed by atoms with Gasteiger partial charge in [-0.05, 0) is 93.3 Å². The van der Waals surface area contributed by atoms with Crippen molar-refractivity contribution >= 4 is 93.5 Å². The number of fused-ring (bicyclic) bond motifs is 11. The molecule has 0 N–H and O–H groups in total. The normalized spacial score (nSPS) is 11.9. The van der Waals surface area contributed by atoms with Crippen molar-refractivity contribution in [3.8, 4) is 16.8 Å². The molecule has 4 nitrogen and oxygen atoms in total. The van der Waals surface area contributed by atoms with Gasteiger partial charge in [0.15, 0.2) is 5.58 Å². The molecule has 0 amide bonds. The molecule has 12 aromatic rings. The summed E-state index contributed by atoms with van der Waals surface area (Å²) in [6.07, 6.45) is 0. The van der Waals surface area contributed by atoms with Crippen molar-refractivity contribution in [2.45, 2.75) is 0 Å². The van der Waals surface area contributed by atoms with E-state index in [1.54, 1.807) is 0 Å². The smallest absolute Gasteiger partial charge is 0.213 e. The number of rotatable bonds is 5. The Hall–Kier alpha value is -7.56. The molecular formula is C52H32N2O2. The van der Waals surface area contributed by atoms with Gasteiger partial charge in [0.05, 0.1) is 16.6 Å². The zero-order valence-corrected chi connectivity index (χ0v) is 30.2. The Labute approximate surface area is 321 Å². The van der Waals surface area contributed by atoms with Crippen LogP contribution in [0.15, 0.2) is 203 Å². The van der Waals surface area contributed by atoms with Gasteiger partial charge in [-0.3, -0.25) is 4.57 Å². The maximum absolute atomic E-state index is 6.65. The van der Waals surface area contributed by atoms with Crippen LogP contribution < -0.4 is 4.90 Å². The number of hydrogen-bond donors (Lipinski definition) is 0. The van der Waals surface area contributed by atoms with E-state index in [1.165, 1.54) is 26.9 Å². The first kappa shape index (κ1) is 30.9. The molecule has 262 valence electrons. The summed E-state index contributed by atoms with van der Waals surface area (Å²) in [5, 5.41) is 10.5. The van der Waals surface area contributed by atoms with E-state index in [0.29, 0.717) is 0 Å². The van der Waals surface area contributed by atoms with Crippen molar-refractivity contribution in [1.82, 2.24) is 4.57 Å². The molecule has 0 spiro atoms. The highest BCUT2D eigenvalue weighted by atomic mass is 16.3. The summed E-state index contributed by atoms with van der Waals surface area (Å²) < 4.78 is 15.5. The molecule has 0 bridgehead atoms. The lowest BCUT2D eigenvalue weighted by Gasteiger charge is -2.26. The zero-order valence-electron chi connectivity index (χ0n) is 30.2. The number of furan rings is 2. The number of aromatic nitrogens is 1. The molecule has 12 rings (SSSR count). The summed E-state index contributed by atoms with van der Waals surface area (Å²) in [6.45, 7) is 0. The van der Waals surface area contributed by atoms with E-state index in [2.05, 4.69) is 185 Å². The van der Waals surface area contributed by atoms with Gasteiger partial charge in [0, 0.05) is 38.6 Å². The lowest BCUT2D eigenvalue weighted by molar-refractivity contribution is 0.645. The van der Waals surface area contributed by atoms with Gasteiger partial charge in [-0.15, -0.1) is 0 Å². The second-order valence-electron chi connectivity index (χ2n) is 14.5. The van der Waals surface area contributed by atoms with Crippen LogP contribution in [-0.4, -0.2) is 4.57 Å². The van der Waals surface area contributed by atoms with E-state index in [1.807, 2.05) is 18.2 Å². The van der Waals surface area contributed by atoms with Gasteiger partial charge >= 0.3 is 0 Å². The molecule has 0 aliphatic heterocycles. The van der Waals surface area contributed by atoms with Crippen molar-refractivity contribution in [3.63, 3.8) is 0 Å². The Morgan fingerprint density at radius 3 is 1.93 bits per heavy atom. The molecule has 9 aromatic carbocycles. The molecule has 0 aliphatic carbocycles. The predicted octanol–water partition coefficient (Wildman–Crippen LogP) is 14.9. The van der Waals surface area contributed by atoms with Crippen LogP contribution in [0.3, 0.4) is 0 Å². The van der Waals surface area contributed by atoms with Crippen LogP contribution in [0.1, 0.15) is 0 Å². The summed E-state index contributed by atoms with van der Waals surface area (Å²) >= 11 is 0. The quantitative estimate of drug-likeness (QED) is 0.166. The summed E-state index contributed by atoms with van der Waals surface area (Å²) in [5.41, 5.74) is 11.0. The van der Waals surface area contributed by atoms with Gasteiger partial charge in [-0.25, -0.2) is 0 Å². The van der Waals surface area contributed by atoms with E-state index in [9.17, 15) is 0 Å². The highest BCUT2D eigenvalue weighted by molar-refractivity contribution is 6.24. The predicted molar refractivity (Wildman–Crippen MR) is 233 cm³/mol. The van der Waals surface area contributed by atoms with Crippen molar-refractivity contribution in [2.24, 2.45) is 0 Å². The average Bonchev–Trinajstić information content (AvgIpc) is 3.93. The molecule has 3 heterocycles. The van der Waals surface area contributed by atoms with Crippen LogP contribution in [0.5, 0.6) is 0 Å². The van der Waals surface area contributed by atoms with Crippen molar-refractivity contribution < 1.29 is 8.83 Å². The minimum Gasteiger partial charge on any atom is -0.454 e. The number of anilines is 3. The number of nitrogens with zero attached hydrogens (tertiary/aromatic N) is 2. The fraction of sp³-hybridized carbons (Fsp3) is 0. The van der Waals surface area contributed by atoms with Crippen LogP contribution in [0.2, 0.25) is 0 Å². The molecular weight excluding hydrogens is 685 g/mol. The second-order valence-corrected chi connectivity index (χ2v) is 14.5. The first-order valence-electron chi connectivity index (χ1n) is 19.0. The highest BCUT2D eigenvalue weighted by Crippen LogP contribution is 2.46. The van der Waals surface area contributed by atoms with Gasteiger partial charge in [-0.1, -0.05) is 133 Å². The summed E-state index contributed by atoms with van der Waals surface area (Å²) in [4.78, 5) is 2.33. The highest BCUT2D eigenvalue weighted by Gasteiger charge is 2.23. The van der Waals surface area contributed by atoms with Crippen molar-refractivity contribution in [2.75, 3.05) is 4.90 Å². The number of hydrogen-bond acceptors (Lipinski definition) is 3. The van der Waals surface area contributed by atoms with Gasteiger partial charge in [0.2, 0.25) is 5.71 Å². The molecule has 4 heteroatoms. The minimum absolute atomic E-state index is 0.852. The van der Waals surface area contributed by atoms with E-state index < -0.39 is 0 Å². The first-order valence-corrected chi connectivity index (χ1v) is 19.0. The van der Waals surface area contributed by atoms with Gasteiger partial charge in [0.1, 0.15) is 11.2 Å². The number of para-hydroxylation sites is 4. The van der Waals surface area contributed by atoms with E-state index >= 15 is 0 Å². The van der Waals surface area contributed by atoms with Crippen LogP contribution >= 0.6 is 0 Å². The Balaban J connectivity index is 1.07. The Morgan fingerprint density at radius 2 is 1.07 bits per heavy atom. The Bertz CT molecular complexity index is 3480. The SMILES string of the molecule is c1ccc(-n2c3cccc(-c4ccc(N(c5ccc6c(ccc7ccccc76)c5)c5cccc6c5oc5ccccc56)cc4)c3c3c4ccccc4oc32)cc1. The third-order valence-electron chi connectivity index (χ3n) is 11.4. The van der Waals surface area contributed by atoms with Crippen LogP contribution in [0, 0.1) is 0 Å². The van der Waals surface area contributed by atoms with Crippen LogP contribution in [-0.2, 0) is 0 Å². The summed E-state index contributed by atoms with van der Waals surface area (Å²) in [6, 6.07) is 68.9. The largest absolute Gasteiger partial charge is 0.454 e. The molecule has 0 saturated carbocycles. The molecule has 56 heavy (non-hydrogen) atoms. The first-order chi connectivity index (χ1) is 27.8. The second kappa shape index (κ2) is 12.0. The lowest BCUT2D eigenvalue weighted by atomic mass is 9.98. The lowest BCUT2D eigenvalue weighted by Crippen LogP contribution is -2.10. The minimum atomic E-state index is 0.852. The molecule has 0 unspecified atom stereocenters. The average molecular weight is 717 g/mol. The summed E-state index contributed by atoms with van der Waals surface area (Å²) in [5.74, 6) is 0. The van der Waals surface area contributed by atoms with Crippen LogP contribution in [0.4, 0.5) is 17.1 Å². The van der Waals surface area contributed by atoms with E-state index in [-0.39, 0.29) is 0 Å². The molecule has 0 saturated heterocycles. The fourth-order valence-electron chi connectivity index (χ4n) is 8.87. The van der Waals surface area contributed by atoms with Crippen LogP contribution in [0.25, 0.3) is 93.3 Å². The van der Waals surface area contributed by atoms with Gasteiger partial charge in [-0.2, -0.15) is 0 Å². The number of benzene rings is 9. The maximum atomic E-state index is 6.65. The summed E-state index contributed by atoms with van der Waals surface area (Å²) in [7, 11) is 0. The zero-order chi connectivity index (χ0) is 36.7. The maximum Gasteiger partial charge on any atom is 0.213 e. The van der Waals surface area contributed by atoms with E-state index in [0.717, 1.165) is 83.4 Å². The molecule has 0 atom stereocenters. The molecule has 3 aromatic heterocycles. The Morgan fingerprint density at radius 1 is 0.411 bits per heavy atom. The van der Waals surface area contributed by atoms with Gasteiger partial charge < -0.3 is 13.7 Å². The third-order valence-corrected chi connectivity index (χ3v) is 11.4. The van der Waals surface area contributed by atoms with Gasteiger partial charge in [0.25, 0.3) is 0 Å². The molecule has 0 fully saturated rings. The molecule has 0 aliphatic rings. The molecule has 0 radical (unpaired) electrons. The fourth-order valence-corrected chi connectivity index (χ4v) is 8.87. The topological polar surface area (TPSA) is 34.5 Å². The van der Waals surface area contributed by atoms with Crippen molar-refractivity contribution in [3.05, 3.63) is 194 Å².